The maximum Gasteiger partial charge on any atom is 0.243 e. The number of rotatable bonds is 2. The van der Waals surface area contributed by atoms with E-state index in [0.717, 1.165) is 0 Å². The van der Waals surface area contributed by atoms with E-state index in [1.165, 1.54) is 23.9 Å². The Morgan fingerprint density at radius 1 is 1.00 bits per heavy atom. The predicted molar refractivity (Wildman–Crippen MR) is 66.9 cm³/mol. The van der Waals surface area contributed by atoms with E-state index in [-0.39, 0.29) is 11.8 Å². The molecule has 2 amide bonds. The molecule has 0 spiro atoms. The molecule has 1 aromatic carbocycles. The first kappa shape index (κ1) is 13.0. The summed E-state index contributed by atoms with van der Waals surface area (Å²) in [5, 5.41) is 2.57. The Balaban J connectivity index is 3.22. The molecule has 0 aliphatic carbocycles. The van der Waals surface area contributed by atoms with Gasteiger partial charge in [-0.1, -0.05) is 24.8 Å². The number of hydrogen-bond donors (Lipinski definition) is 0. The first-order valence-corrected chi connectivity index (χ1v) is 5.27. The molecule has 1 rings (SSSR count). The van der Waals surface area contributed by atoms with Gasteiger partial charge in [0.1, 0.15) is 0 Å². The van der Waals surface area contributed by atoms with E-state index in [4.69, 9.17) is 0 Å². The fraction of sp³-hybridized carbons (Fsp3) is 0.231. The van der Waals surface area contributed by atoms with Crippen molar-refractivity contribution in [2.75, 3.05) is 5.01 Å². The van der Waals surface area contributed by atoms with E-state index in [1.54, 1.807) is 19.1 Å². The first-order valence-electron chi connectivity index (χ1n) is 5.27. The highest BCUT2D eigenvalue weighted by Gasteiger charge is 2.23. The molecule has 0 N–H and O–H groups in total. The van der Waals surface area contributed by atoms with Gasteiger partial charge in [-0.25, -0.2) is 10.0 Å². The second kappa shape index (κ2) is 5.30. The van der Waals surface area contributed by atoms with Gasteiger partial charge in [-0.15, -0.1) is 0 Å². The predicted octanol–water partition coefficient (Wildman–Crippen LogP) is 2.34. The second-order valence-corrected chi connectivity index (χ2v) is 3.73. The molecule has 0 aliphatic heterocycles. The van der Waals surface area contributed by atoms with Crippen molar-refractivity contribution in [1.29, 1.82) is 0 Å². The zero-order valence-electron chi connectivity index (χ0n) is 10.3. The lowest BCUT2D eigenvalue weighted by molar-refractivity contribution is -0.132. The number of allylic oxidation sites excluding steroid dienone is 1. The van der Waals surface area contributed by atoms with Crippen molar-refractivity contribution in [3.8, 4) is 0 Å². The van der Waals surface area contributed by atoms with E-state index < -0.39 is 0 Å². The number of hydrazine groups is 1. The Bertz CT molecular complexity index is 426. The van der Waals surface area contributed by atoms with Crippen LogP contribution in [-0.4, -0.2) is 16.8 Å². The molecule has 0 atom stereocenters. The standard InChI is InChI=1S/C13H16N2O2/c1-10(2)14(11(3)16)15(12(4)17)13-8-6-5-7-9-13/h5-9H,1H2,2-4H3. The summed E-state index contributed by atoms with van der Waals surface area (Å²) in [5.74, 6) is -0.494. The van der Waals surface area contributed by atoms with E-state index in [0.29, 0.717) is 11.4 Å². The van der Waals surface area contributed by atoms with Gasteiger partial charge in [0.25, 0.3) is 0 Å². The molecule has 0 saturated heterocycles. The molecule has 0 aromatic heterocycles. The lowest BCUT2D eigenvalue weighted by Gasteiger charge is -2.33. The molecule has 0 aliphatic rings. The van der Waals surface area contributed by atoms with Gasteiger partial charge in [-0.05, 0) is 19.1 Å². The average molecular weight is 232 g/mol. The third kappa shape index (κ3) is 2.93. The maximum absolute atomic E-state index is 11.7. The second-order valence-electron chi connectivity index (χ2n) is 3.73. The van der Waals surface area contributed by atoms with Crippen LogP contribution in [0.2, 0.25) is 0 Å². The van der Waals surface area contributed by atoms with E-state index in [2.05, 4.69) is 6.58 Å². The average Bonchev–Trinajstić information content (AvgIpc) is 2.25. The number of amides is 2. The summed E-state index contributed by atoms with van der Waals surface area (Å²) in [6, 6.07) is 8.99. The summed E-state index contributed by atoms with van der Waals surface area (Å²) in [6.45, 7) is 8.20. The van der Waals surface area contributed by atoms with Gasteiger partial charge in [0.2, 0.25) is 11.8 Å². The van der Waals surface area contributed by atoms with Crippen molar-refractivity contribution < 1.29 is 9.59 Å². The molecule has 0 heterocycles. The van der Waals surface area contributed by atoms with E-state index in [1.807, 2.05) is 18.2 Å². The maximum atomic E-state index is 11.7. The summed E-state index contributed by atoms with van der Waals surface area (Å²) < 4.78 is 0. The van der Waals surface area contributed by atoms with Crippen LogP contribution in [0.15, 0.2) is 42.6 Å². The minimum atomic E-state index is -0.253. The van der Waals surface area contributed by atoms with Crippen molar-refractivity contribution in [3.63, 3.8) is 0 Å². The fourth-order valence-electron chi connectivity index (χ4n) is 1.59. The SMILES string of the molecule is C=C(C)N(C(C)=O)N(C(C)=O)c1ccccc1. The molecule has 0 saturated carbocycles. The Hall–Kier alpha value is -2.10. The van der Waals surface area contributed by atoms with E-state index >= 15 is 0 Å². The monoisotopic (exact) mass is 232 g/mol. The van der Waals surface area contributed by atoms with Crippen LogP contribution in [0.4, 0.5) is 5.69 Å². The molecular formula is C13H16N2O2. The number of benzene rings is 1. The number of carbonyl (C=O) groups is 2. The van der Waals surface area contributed by atoms with Crippen molar-refractivity contribution in [3.05, 3.63) is 42.6 Å². The first-order chi connectivity index (χ1) is 7.95. The van der Waals surface area contributed by atoms with Crippen LogP contribution in [-0.2, 0) is 9.59 Å². The minimum absolute atomic E-state index is 0.241. The van der Waals surface area contributed by atoms with Gasteiger partial charge in [0.05, 0.1) is 5.69 Å². The molecule has 0 unspecified atom stereocenters. The molecule has 90 valence electrons. The van der Waals surface area contributed by atoms with Crippen LogP contribution in [0.3, 0.4) is 0 Å². The van der Waals surface area contributed by atoms with Crippen molar-refractivity contribution in [2.24, 2.45) is 0 Å². The van der Waals surface area contributed by atoms with Crippen molar-refractivity contribution >= 4 is 17.5 Å². The lowest BCUT2D eigenvalue weighted by atomic mass is 10.3. The summed E-state index contributed by atoms with van der Waals surface area (Å²) in [6.07, 6.45) is 0. The number of para-hydroxylation sites is 1. The quantitative estimate of drug-likeness (QED) is 0.734. The summed E-state index contributed by atoms with van der Waals surface area (Å²) in [4.78, 5) is 23.3. The van der Waals surface area contributed by atoms with Crippen LogP contribution in [0.5, 0.6) is 0 Å². The van der Waals surface area contributed by atoms with Crippen LogP contribution < -0.4 is 5.01 Å². The third-order valence-corrected chi connectivity index (χ3v) is 2.16. The Morgan fingerprint density at radius 2 is 1.53 bits per heavy atom. The zero-order chi connectivity index (χ0) is 13.0. The third-order valence-electron chi connectivity index (χ3n) is 2.16. The topological polar surface area (TPSA) is 40.6 Å². The fourth-order valence-corrected chi connectivity index (χ4v) is 1.59. The highest BCUT2D eigenvalue weighted by atomic mass is 16.2. The van der Waals surface area contributed by atoms with Gasteiger partial charge in [-0.3, -0.25) is 9.59 Å². The minimum Gasteiger partial charge on any atom is -0.273 e. The smallest absolute Gasteiger partial charge is 0.243 e. The Morgan fingerprint density at radius 3 is 1.88 bits per heavy atom. The molecule has 1 aromatic rings. The molecule has 4 heteroatoms. The van der Waals surface area contributed by atoms with Gasteiger partial charge >= 0.3 is 0 Å². The van der Waals surface area contributed by atoms with Crippen LogP contribution in [0.25, 0.3) is 0 Å². The van der Waals surface area contributed by atoms with Crippen molar-refractivity contribution in [2.45, 2.75) is 20.8 Å². The Kier molecular flexibility index (Phi) is 4.04. The van der Waals surface area contributed by atoms with Crippen LogP contribution >= 0.6 is 0 Å². The number of nitrogens with zero attached hydrogens (tertiary/aromatic N) is 2. The van der Waals surface area contributed by atoms with Crippen LogP contribution in [0, 0.1) is 0 Å². The van der Waals surface area contributed by atoms with E-state index in [9.17, 15) is 9.59 Å². The largest absolute Gasteiger partial charge is 0.273 e. The summed E-state index contributed by atoms with van der Waals surface area (Å²) in [7, 11) is 0. The molecular weight excluding hydrogens is 216 g/mol. The molecule has 0 fully saturated rings. The Labute approximate surface area is 101 Å². The zero-order valence-corrected chi connectivity index (χ0v) is 10.3. The van der Waals surface area contributed by atoms with Gasteiger partial charge in [0.15, 0.2) is 0 Å². The normalized spacial score (nSPS) is 9.59. The number of anilines is 1. The summed E-state index contributed by atoms with van der Waals surface area (Å²) in [5.41, 5.74) is 1.13. The van der Waals surface area contributed by atoms with Gasteiger partial charge < -0.3 is 0 Å². The lowest BCUT2D eigenvalue weighted by Crippen LogP contribution is -2.47. The molecule has 0 bridgehead atoms. The highest BCUT2D eigenvalue weighted by molar-refractivity contribution is 5.95. The van der Waals surface area contributed by atoms with Gasteiger partial charge in [-0.2, -0.15) is 0 Å². The molecule has 17 heavy (non-hydrogen) atoms. The van der Waals surface area contributed by atoms with Crippen LogP contribution in [0.1, 0.15) is 20.8 Å². The summed E-state index contributed by atoms with van der Waals surface area (Å²) >= 11 is 0. The van der Waals surface area contributed by atoms with Crippen molar-refractivity contribution in [1.82, 2.24) is 5.01 Å². The number of carbonyl (C=O) groups excluding carboxylic acids is 2. The number of hydrogen-bond acceptors (Lipinski definition) is 2. The molecule has 4 nitrogen and oxygen atoms in total. The van der Waals surface area contributed by atoms with Gasteiger partial charge in [0, 0.05) is 19.5 Å². The molecule has 0 radical (unpaired) electrons. The highest BCUT2D eigenvalue weighted by Crippen LogP contribution is 2.19.